The van der Waals surface area contributed by atoms with Crippen LogP contribution in [0.2, 0.25) is 0 Å². The first-order chi connectivity index (χ1) is 14.8. The average molecular weight is 430 g/mol. The van der Waals surface area contributed by atoms with Crippen molar-refractivity contribution in [2.24, 2.45) is 0 Å². The largest absolute Gasteiger partial charge is 0.573 e. The number of fused-ring (bicyclic) bond motifs is 1. The van der Waals surface area contributed by atoms with Gasteiger partial charge in [-0.2, -0.15) is 0 Å². The third-order valence-corrected chi connectivity index (χ3v) is 4.57. The quantitative estimate of drug-likeness (QED) is 0.572. The standard InChI is InChI=1S/C23H21F3N2O3/c24-23(25,26)31-19-10-8-16(9-11-19)12-13-27-22(30)15-28-21(29)14-18-6-3-5-17-4-1-2-7-20(17)18/h1-11H,12-15H2,(H,27,30)(H,28,29). The Bertz CT molecular complexity index is 1040. The number of carbonyl (C=O) groups excluding carboxylic acids is 2. The summed E-state index contributed by atoms with van der Waals surface area (Å²) in [7, 11) is 0. The lowest BCUT2D eigenvalue weighted by molar-refractivity contribution is -0.274. The SMILES string of the molecule is O=C(CNC(=O)Cc1cccc2ccccc12)NCCc1ccc(OC(F)(F)F)cc1. The maximum atomic E-state index is 12.2. The van der Waals surface area contributed by atoms with Crippen LogP contribution in [-0.4, -0.2) is 31.3 Å². The molecular formula is C23H21F3N2O3. The van der Waals surface area contributed by atoms with Crippen molar-refractivity contribution < 1.29 is 27.5 Å². The zero-order valence-electron chi connectivity index (χ0n) is 16.5. The highest BCUT2D eigenvalue weighted by Gasteiger charge is 2.30. The van der Waals surface area contributed by atoms with Crippen LogP contribution >= 0.6 is 0 Å². The third-order valence-electron chi connectivity index (χ3n) is 4.57. The van der Waals surface area contributed by atoms with Crippen LogP contribution < -0.4 is 15.4 Å². The first kappa shape index (κ1) is 22.1. The number of hydrogen-bond acceptors (Lipinski definition) is 3. The molecule has 0 spiro atoms. The van der Waals surface area contributed by atoms with Crippen molar-refractivity contribution in [3.8, 4) is 5.75 Å². The summed E-state index contributed by atoms with van der Waals surface area (Å²) in [6.45, 7) is 0.138. The van der Waals surface area contributed by atoms with Gasteiger partial charge in [-0.1, -0.05) is 54.6 Å². The molecule has 0 unspecified atom stereocenters. The van der Waals surface area contributed by atoms with Crippen LogP contribution in [0.5, 0.6) is 5.75 Å². The Labute approximate surface area is 177 Å². The molecule has 0 atom stereocenters. The van der Waals surface area contributed by atoms with Crippen molar-refractivity contribution in [3.63, 3.8) is 0 Å². The van der Waals surface area contributed by atoms with Crippen molar-refractivity contribution in [2.45, 2.75) is 19.2 Å². The van der Waals surface area contributed by atoms with E-state index in [1.54, 1.807) is 0 Å². The second kappa shape index (κ2) is 9.97. The number of carbonyl (C=O) groups is 2. The van der Waals surface area contributed by atoms with Crippen molar-refractivity contribution >= 4 is 22.6 Å². The summed E-state index contributed by atoms with van der Waals surface area (Å²) in [5.74, 6) is -0.899. The molecule has 5 nitrogen and oxygen atoms in total. The molecule has 31 heavy (non-hydrogen) atoms. The van der Waals surface area contributed by atoms with Gasteiger partial charge in [-0.05, 0) is 40.5 Å². The molecule has 0 aliphatic heterocycles. The van der Waals surface area contributed by atoms with Gasteiger partial charge in [0.05, 0.1) is 13.0 Å². The molecule has 162 valence electrons. The predicted octanol–water partition coefficient (Wildman–Crippen LogP) is 3.76. The van der Waals surface area contributed by atoms with Gasteiger partial charge < -0.3 is 15.4 Å². The van der Waals surface area contributed by atoms with Crippen molar-refractivity contribution in [1.29, 1.82) is 0 Å². The molecule has 0 bridgehead atoms. The lowest BCUT2D eigenvalue weighted by Gasteiger charge is -2.10. The predicted molar refractivity (Wildman–Crippen MR) is 111 cm³/mol. The Hall–Kier alpha value is -3.55. The minimum Gasteiger partial charge on any atom is -0.406 e. The third kappa shape index (κ3) is 7.02. The highest BCUT2D eigenvalue weighted by molar-refractivity contribution is 5.91. The zero-order valence-corrected chi connectivity index (χ0v) is 16.5. The van der Waals surface area contributed by atoms with Gasteiger partial charge in [-0.3, -0.25) is 9.59 Å². The molecule has 0 heterocycles. The number of alkyl halides is 3. The van der Waals surface area contributed by atoms with Crippen LogP contribution in [0.3, 0.4) is 0 Å². The molecular weight excluding hydrogens is 409 g/mol. The Kier molecular flexibility index (Phi) is 7.12. The minimum atomic E-state index is -4.73. The number of benzene rings is 3. The molecule has 8 heteroatoms. The summed E-state index contributed by atoms with van der Waals surface area (Å²) in [6, 6.07) is 18.9. The number of rotatable bonds is 8. The van der Waals surface area contributed by atoms with Crippen molar-refractivity contribution in [1.82, 2.24) is 10.6 Å². The molecule has 0 saturated carbocycles. The monoisotopic (exact) mass is 430 g/mol. The molecule has 2 N–H and O–H groups in total. The minimum absolute atomic E-state index is 0.151. The van der Waals surface area contributed by atoms with E-state index < -0.39 is 6.36 Å². The van der Waals surface area contributed by atoms with E-state index in [4.69, 9.17) is 0 Å². The molecule has 0 aliphatic carbocycles. The number of ether oxygens (including phenoxy) is 1. The van der Waals surface area contributed by atoms with Crippen LogP contribution in [0.25, 0.3) is 10.8 Å². The van der Waals surface area contributed by atoms with Gasteiger partial charge in [0.15, 0.2) is 0 Å². The van der Waals surface area contributed by atoms with E-state index in [1.165, 1.54) is 24.3 Å². The Morgan fingerprint density at radius 3 is 2.29 bits per heavy atom. The highest BCUT2D eigenvalue weighted by Crippen LogP contribution is 2.22. The van der Waals surface area contributed by atoms with Crippen LogP contribution in [-0.2, 0) is 22.4 Å². The fraction of sp³-hybridized carbons (Fsp3) is 0.217. The van der Waals surface area contributed by atoms with E-state index in [0.717, 1.165) is 21.9 Å². The summed E-state index contributed by atoms with van der Waals surface area (Å²) in [4.78, 5) is 24.1. The first-order valence-electron chi connectivity index (χ1n) is 9.65. The Morgan fingerprint density at radius 2 is 1.55 bits per heavy atom. The molecule has 3 aromatic rings. The van der Waals surface area contributed by atoms with Gasteiger partial charge in [0.1, 0.15) is 5.75 Å². The highest BCUT2D eigenvalue weighted by atomic mass is 19.4. The topological polar surface area (TPSA) is 67.4 Å². The van der Waals surface area contributed by atoms with Crippen molar-refractivity contribution in [3.05, 3.63) is 77.9 Å². The maximum Gasteiger partial charge on any atom is 0.573 e. The average Bonchev–Trinajstić information content (AvgIpc) is 2.73. The van der Waals surface area contributed by atoms with Gasteiger partial charge in [0.25, 0.3) is 0 Å². The zero-order chi connectivity index (χ0) is 22.3. The second-order valence-electron chi connectivity index (χ2n) is 6.88. The fourth-order valence-corrected chi connectivity index (χ4v) is 3.13. The Morgan fingerprint density at radius 1 is 0.839 bits per heavy atom. The van der Waals surface area contributed by atoms with Gasteiger partial charge in [0, 0.05) is 6.54 Å². The molecule has 0 saturated heterocycles. The lowest BCUT2D eigenvalue weighted by Crippen LogP contribution is -2.38. The molecule has 0 aliphatic rings. The van der Waals surface area contributed by atoms with E-state index in [1.807, 2.05) is 42.5 Å². The molecule has 3 aromatic carbocycles. The van der Waals surface area contributed by atoms with Gasteiger partial charge in [-0.25, -0.2) is 0 Å². The van der Waals surface area contributed by atoms with E-state index in [9.17, 15) is 22.8 Å². The molecule has 2 amide bonds. The van der Waals surface area contributed by atoms with Crippen LogP contribution in [0, 0.1) is 0 Å². The molecule has 0 radical (unpaired) electrons. The van der Waals surface area contributed by atoms with E-state index in [2.05, 4.69) is 15.4 Å². The number of amides is 2. The molecule has 0 fully saturated rings. The van der Waals surface area contributed by atoms with E-state index >= 15 is 0 Å². The normalized spacial score (nSPS) is 11.2. The number of nitrogens with one attached hydrogen (secondary N) is 2. The summed E-state index contributed by atoms with van der Waals surface area (Å²) >= 11 is 0. The number of hydrogen-bond donors (Lipinski definition) is 2. The summed E-state index contributed by atoms with van der Waals surface area (Å²) in [6.07, 6.45) is -4.13. The summed E-state index contributed by atoms with van der Waals surface area (Å²) < 4.78 is 40.3. The fourth-order valence-electron chi connectivity index (χ4n) is 3.13. The van der Waals surface area contributed by atoms with Gasteiger partial charge in [-0.15, -0.1) is 13.2 Å². The van der Waals surface area contributed by atoms with E-state index in [-0.39, 0.29) is 37.1 Å². The van der Waals surface area contributed by atoms with Crippen LogP contribution in [0.15, 0.2) is 66.7 Å². The van der Waals surface area contributed by atoms with Gasteiger partial charge >= 0.3 is 6.36 Å². The van der Waals surface area contributed by atoms with Crippen molar-refractivity contribution in [2.75, 3.05) is 13.1 Å². The van der Waals surface area contributed by atoms with E-state index in [0.29, 0.717) is 6.42 Å². The number of halogens is 3. The summed E-state index contributed by atoms with van der Waals surface area (Å²) in [5.41, 5.74) is 1.63. The smallest absolute Gasteiger partial charge is 0.406 e. The lowest BCUT2D eigenvalue weighted by atomic mass is 10.0. The maximum absolute atomic E-state index is 12.2. The molecule has 0 aromatic heterocycles. The molecule has 3 rings (SSSR count). The van der Waals surface area contributed by atoms with Crippen LogP contribution in [0.4, 0.5) is 13.2 Å². The van der Waals surface area contributed by atoms with Crippen LogP contribution in [0.1, 0.15) is 11.1 Å². The summed E-state index contributed by atoms with van der Waals surface area (Å²) in [5, 5.41) is 7.31. The van der Waals surface area contributed by atoms with Gasteiger partial charge in [0.2, 0.25) is 11.8 Å². The first-order valence-corrected chi connectivity index (χ1v) is 9.65. The second-order valence-corrected chi connectivity index (χ2v) is 6.88. The Balaban J connectivity index is 1.39.